The van der Waals surface area contributed by atoms with Crippen LogP contribution >= 0.6 is 0 Å². The summed E-state index contributed by atoms with van der Waals surface area (Å²) >= 11 is 0. The van der Waals surface area contributed by atoms with Crippen LogP contribution in [0.15, 0.2) is 0 Å². The van der Waals surface area contributed by atoms with Gasteiger partial charge in [-0.05, 0) is 27.2 Å². The van der Waals surface area contributed by atoms with Crippen LogP contribution in [0.1, 0.15) is 40.5 Å². The summed E-state index contributed by atoms with van der Waals surface area (Å²) in [5.41, 5.74) is -0.178. The van der Waals surface area contributed by atoms with Crippen molar-refractivity contribution in [3.8, 4) is 0 Å². The van der Waals surface area contributed by atoms with E-state index in [0.717, 1.165) is 13.0 Å². The van der Waals surface area contributed by atoms with E-state index in [9.17, 15) is 0 Å². The lowest BCUT2D eigenvalue weighted by atomic mass is 10.1. The van der Waals surface area contributed by atoms with Crippen LogP contribution in [-0.2, 0) is 9.47 Å². The van der Waals surface area contributed by atoms with Crippen molar-refractivity contribution in [2.45, 2.75) is 46.1 Å². The number of ether oxygens (including phenoxy) is 2. The van der Waals surface area contributed by atoms with Gasteiger partial charge in [0.05, 0.1) is 18.8 Å². The summed E-state index contributed by atoms with van der Waals surface area (Å²) in [5.74, 6) is 0. The van der Waals surface area contributed by atoms with Gasteiger partial charge < -0.3 is 9.47 Å². The maximum atomic E-state index is 5.45. The standard InChI is InChI=1S/C10H21O2/c1-5-7-8-11-9-10(3,4)12-6-2/h6H,5,7-9H2,1-4H3. The molecule has 0 heterocycles. The Kier molecular flexibility index (Phi) is 6.39. The molecule has 0 rings (SSSR count). The topological polar surface area (TPSA) is 18.5 Å². The van der Waals surface area contributed by atoms with Crippen LogP contribution in [-0.4, -0.2) is 18.8 Å². The molecule has 0 saturated heterocycles. The van der Waals surface area contributed by atoms with Crippen LogP contribution in [0.3, 0.4) is 0 Å². The molecule has 0 aromatic rings. The van der Waals surface area contributed by atoms with Crippen molar-refractivity contribution in [3.63, 3.8) is 0 Å². The molecule has 0 aliphatic heterocycles. The Labute approximate surface area is 76.3 Å². The van der Waals surface area contributed by atoms with Crippen molar-refractivity contribution in [1.82, 2.24) is 0 Å². The zero-order valence-corrected chi connectivity index (χ0v) is 8.72. The molecule has 0 saturated carbocycles. The van der Waals surface area contributed by atoms with Crippen molar-refractivity contribution in [2.24, 2.45) is 0 Å². The van der Waals surface area contributed by atoms with Gasteiger partial charge in [-0.3, -0.25) is 0 Å². The highest BCUT2D eigenvalue weighted by molar-refractivity contribution is 4.68. The first-order valence-corrected chi connectivity index (χ1v) is 4.66. The molecular weight excluding hydrogens is 152 g/mol. The number of unbranched alkanes of at least 4 members (excludes halogenated alkanes) is 1. The van der Waals surface area contributed by atoms with E-state index in [4.69, 9.17) is 9.47 Å². The molecule has 2 nitrogen and oxygen atoms in total. The third-order valence-electron chi connectivity index (χ3n) is 1.53. The molecule has 0 fully saturated rings. The number of hydrogen-bond donors (Lipinski definition) is 0. The minimum absolute atomic E-state index is 0.178. The van der Waals surface area contributed by atoms with E-state index in [1.165, 1.54) is 6.42 Å². The first-order chi connectivity index (χ1) is 5.62. The molecule has 0 spiro atoms. The van der Waals surface area contributed by atoms with E-state index < -0.39 is 0 Å². The van der Waals surface area contributed by atoms with Crippen molar-refractivity contribution >= 4 is 0 Å². The summed E-state index contributed by atoms with van der Waals surface area (Å²) in [6.45, 7) is 11.3. The molecule has 1 radical (unpaired) electrons. The third-order valence-corrected chi connectivity index (χ3v) is 1.53. The zero-order valence-electron chi connectivity index (χ0n) is 8.72. The Balaban J connectivity index is 3.33. The highest BCUT2D eigenvalue weighted by atomic mass is 16.5. The Bertz CT molecular complexity index is 100. The molecule has 0 atom stereocenters. The van der Waals surface area contributed by atoms with Crippen LogP contribution in [0.5, 0.6) is 0 Å². The van der Waals surface area contributed by atoms with Gasteiger partial charge in [0.15, 0.2) is 0 Å². The molecule has 0 N–H and O–H groups in total. The van der Waals surface area contributed by atoms with E-state index in [1.54, 1.807) is 6.61 Å². The molecule has 0 aromatic heterocycles. The summed E-state index contributed by atoms with van der Waals surface area (Å²) in [6, 6.07) is 0. The molecule has 0 unspecified atom stereocenters. The quantitative estimate of drug-likeness (QED) is 0.551. The average Bonchev–Trinajstić information content (AvgIpc) is 1.98. The molecule has 0 aromatic carbocycles. The fourth-order valence-electron chi connectivity index (χ4n) is 0.917. The summed E-state index contributed by atoms with van der Waals surface area (Å²) in [4.78, 5) is 0. The number of hydrogen-bond acceptors (Lipinski definition) is 2. The highest BCUT2D eigenvalue weighted by Gasteiger charge is 2.17. The van der Waals surface area contributed by atoms with Crippen LogP contribution in [0, 0.1) is 6.61 Å². The van der Waals surface area contributed by atoms with Crippen molar-refractivity contribution in [1.29, 1.82) is 0 Å². The van der Waals surface area contributed by atoms with Crippen LogP contribution in [0.2, 0.25) is 0 Å². The monoisotopic (exact) mass is 173 g/mol. The molecule has 12 heavy (non-hydrogen) atoms. The number of rotatable bonds is 7. The molecule has 0 bridgehead atoms. The Morgan fingerprint density at radius 1 is 1.33 bits per heavy atom. The minimum Gasteiger partial charge on any atom is -0.378 e. The third kappa shape index (κ3) is 6.62. The van der Waals surface area contributed by atoms with Gasteiger partial charge in [0, 0.05) is 6.61 Å². The van der Waals surface area contributed by atoms with Gasteiger partial charge in [0.2, 0.25) is 0 Å². The predicted octanol–water partition coefficient (Wildman–Crippen LogP) is 2.78. The van der Waals surface area contributed by atoms with Gasteiger partial charge in [0.25, 0.3) is 0 Å². The average molecular weight is 173 g/mol. The lowest BCUT2D eigenvalue weighted by Gasteiger charge is -2.23. The fraction of sp³-hybridized carbons (Fsp3) is 0.900. The second kappa shape index (κ2) is 6.44. The highest BCUT2D eigenvalue weighted by Crippen LogP contribution is 2.10. The summed E-state index contributed by atoms with van der Waals surface area (Å²) in [5, 5.41) is 0. The van der Waals surface area contributed by atoms with Gasteiger partial charge in [-0.2, -0.15) is 0 Å². The SMILES string of the molecule is C[CH]OC(C)(C)COCCCC. The maximum absolute atomic E-state index is 5.45. The normalized spacial score (nSPS) is 12.0. The Morgan fingerprint density at radius 2 is 2.00 bits per heavy atom. The van der Waals surface area contributed by atoms with Crippen molar-refractivity contribution < 1.29 is 9.47 Å². The minimum atomic E-state index is -0.178. The maximum Gasteiger partial charge on any atom is 0.0863 e. The molecule has 2 heteroatoms. The van der Waals surface area contributed by atoms with E-state index in [1.807, 2.05) is 20.8 Å². The van der Waals surface area contributed by atoms with Gasteiger partial charge in [-0.1, -0.05) is 13.3 Å². The van der Waals surface area contributed by atoms with Crippen molar-refractivity contribution in [2.75, 3.05) is 13.2 Å². The van der Waals surface area contributed by atoms with Gasteiger partial charge in [0.1, 0.15) is 0 Å². The van der Waals surface area contributed by atoms with Gasteiger partial charge in [-0.15, -0.1) is 0 Å². The summed E-state index contributed by atoms with van der Waals surface area (Å²) < 4.78 is 10.8. The van der Waals surface area contributed by atoms with Crippen LogP contribution in [0.4, 0.5) is 0 Å². The molecule has 73 valence electrons. The smallest absolute Gasteiger partial charge is 0.0863 e. The lowest BCUT2D eigenvalue weighted by molar-refractivity contribution is -0.0470. The summed E-state index contributed by atoms with van der Waals surface area (Å²) in [7, 11) is 0. The molecule has 0 amide bonds. The molecule has 0 aliphatic carbocycles. The second-order valence-corrected chi connectivity index (χ2v) is 3.52. The Hall–Kier alpha value is -0.0800. The van der Waals surface area contributed by atoms with Gasteiger partial charge >= 0.3 is 0 Å². The fourth-order valence-corrected chi connectivity index (χ4v) is 0.917. The van der Waals surface area contributed by atoms with E-state index in [-0.39, 0.29) is 5.60 Å². The van der Waals surface area contributed by atoms with E-state index in [0.29, 0.717) is 6.61 Å². The molecule has 0 aliphatic rings. The van der Waals surface area contributed by atoms with E-state index >= 15 is 0 Å². The van der Waals surface area contributed by atoms with E-state index in [2.05, 4.69) is 6.92 Å². The first-order valence-electron chi connectivity index (χ1n) is 4.66. The lowest BCUT2D eigenvalue weighted by Crippen LogP contribution is -2.29. The van der Waals surface area contributed by atoms with Crippen LogP contribution < -0.4 is 0 Å². The zero-order chi connectivity index (χ0) is 9.45. The predicted molar refractivity (Wildman–Crippen MR) is 50.9 cm³/mol. The van der Waals surface area contributed by atoms with Crippen LogP contribution in [0.25, 0.3) is 0 Å². The molecular formula is C10H21O2. The van der Waals surface area contributed by atoms with Crippen molar-refractivity contribution in [3.05, 3.63) is 6.61 Å². The summed E-state index contributed by atoms with van der Waals surface area (Å²) in [6.07, 6.45) is 2.31. The largest absolute Gasteiger partial charge is 0.378 e. The Morgan fingerprint density at radius 3 is 2.50 bits per heavy atom. The van der Waals surface area contributed by atoms with Gasteiger partial charge in [-0.25, -0.2) is 0 Å². The second-order valence-electron chi connectivity index (χ2n) is 3.52. The first kappa shape index (κ1) is 11.9.